The number of benzene rings is 3. The second-order valence-corrected chi connectivity index (χ2v) is 8.48. The Labute approximate surface area is 206 Å². The quantitative estimate of drug-likeness (QED) is 0.457. The van der Waals surface area contributed by atoms with Gasteiger partial charge in [-0.3, -0.25) is 0 Å². The van der Waals surface area contributed by atoms with Crippen LogP contribution in [-0.2, 0) is 6.42 Å². The summed E-state index contributed by atoms with van der Waals surface area (Å²) in [6, 6.07) is 19.7. The molecule has 0 spiro atoms. The molecule has 0 unspecified atom stereocenters. The Morgan fingerprint density at radius 2 is 1.62 bits per heavy atom. The zero-order valence-corrected chi connectivity index (χ0v) is 20.8. The average molecular weight is 479 g/mol. The number of nitrogens with one attached hydrogen (secondary N) is 1. The SMILES string of the molecule is COc1ccc(OC[C@@H]2c3cc(OC)c(OC)cc3CCN2C(=S)Nc2ccccc2C)cc1. The molecule has 0 aliphatic carbocycles. The first kappa shape index (κ1) is 23.7. The molecule has 0 aromatic heterocycles. The molecule has 3 aromatic rings. The molecule has 1 N–H and O–H groups in total. The van der Waals surface area contributed by atoms with Gasteiger partial charge in [-0.15, -0.1) is 0 Å². The highest BCUT2D eigenvalue weighted by atomic mass is 32.1. The molecule has 1 atom stereocenters. The lowest BCUT2D eigenvalue weighted by Crippen LogP contribution is -2.44. The van der Waals surface area contributed by atoms with Crippen molar-refractivity contribution in [2.75, 3.05) is 39.8 Å². The molecule has 6 nitrogen and oxygen atoms in total. The molecule has 0 fully saturated rings. The van der Waals surface area contributed by atoms with Crippen molar-refractivity contribution in [2.45, 2.75) is 19.4 Å². The molecular formula is C27H30N2O4S. The lowest BCUT2D eigenvalue weighted by molar-refractivity contribution is 0.190. The minimum atomic E-state index is -0.102. The molecule has 0 radical (unpaired) electrons. The molecule has 1 aliphatic heterocycles. The first-order chi connectivity index (χ1) is 16.5. The highest BCUT2D eigenvalue weighted by Gasteiger charge is 2.31. The minimum Gasteiger partial charge on any atom is -0.497 e. The first-order valence-electron chi connectivity index (χ1n) is 11.2. The van der Waals surface area contributed by atoms with Crippen LogP contribution in [0.25, 0.3) is 0 Å². The third-order valence-corrected chi connectivity index (χ3v) is 6.45. The van der Waals surface area contributed by atoms with Crippen LogP contribution in [0.5, 0.6) is 23.0 Å². The van der Waals surface area contributed by atoms with Gasteiger partial charge in [-0.25, -0.2) is 0 Å². The number of aryl methyl sites for hydroxylation is 1. The van der Waals surface area contributed by atoms with Crippen molar-refractivity contribution < 1.29 is 18.9 Å². The molecular weight excluding hydrogens is 448 g/mol. The van der Waals surface area contributed by atoms with Crippen LogP contribution >= 0.6 is 12.2 Å². The fourth-order valence-electron chi connectivity index (χ4n) is 4.20. The molecule has 7 heteroatoms. The number of thiocarbonyl (C=S) groups is 1. The number of rotatable bonds is 7. The molecule has 178 valence electrons. The van der Waals surface area contributed by atoms with E-state index in [1.807, 2.05) is 48.5 Å². The molecule has 3 aromatic carbocycles. The number of nitrogens with zero attached hydrogens (tertiary/aromatic N) is 1. The Kier molecular flexibility index (Phi) is 7.43. The summed E-state index contributed by atoms with van der Waals surface area (Å²) in [4.78, 5) is 2.19. The van der Waals surface area contributed by atoms with E-state index in [4.69, 9.17) is 31.2 Å². The van der Waals surface area contributed by atoms with Gasteiger partial charge in [0.2, 0.25) is 0 Å². The first-order valence-corrected chi connectivity index (χ1v) is 11.6. The number of ether oxygens (including phenoxy) is 4. The van der Waals surface area contributed by atoms with Crippen molar-refractivity contribution >= 4 is 23.0 Å². The van der Waals surface area contributed by atoms with Crippen molar-refractivity contribution in [3.8, 4) is 23.0 Å². The number of para-hydroxylation sites is 1. The van der Waals surface area contributed by atoms with Crippen LogP contribution in [0.1, 0.15) is 22.7 Å². The predicted octanol–water partition coefficient (Wildman–Crippen LogP) is 5.40. The highest BCUT2D eigenvalue weighted by molar-refractivity contribution is 7.80. The van der Waals surface area contributed by atoms with Crippen molar-refractivity contribution in [3.63, 3.8) is 0 Å². The van der Waals surface area contributed by atoms with Gasteiger partial charge < -0.3 is 29.2 Å². The summed E-state index contributed by atoms with van der Waals surface area (Å²) >= 11 is 5.88. The molecule has 1 heterocycles. The van der Waals surface area contributed by atoms with Gasteiger partial charge in [-0.2, -0.15) is 0 Å². The fraction of sp³-hybridized carbons (Fsp3) is 0.296. The van der Waals surface area contributed by atoms with Crippen molar-refractivity contribution in [1.29, 1.82) is 0 Å². The Bertz CT molecular complexity index is 1150. The second kappa shape index (κ2) is 10.7. The highest BCUT2D eigenvalue weighted by Crippen LogP contribution is 2.39. The van der Waals surface area contributed by atoms with Crippen LogP contribution < -0.4 is 24.3 Å². The molecule has 0 bridgehead atoms. The van der Waals surface area contributed by atoms with Crippen LogP contribution in [-0.4, -0.2) is 44.5 Å². The summed E-state index contributed by atoms with van der Waals surface area (Å²) in [5.41, 5.74) is 4.46. The molecule has 4 rings (SSSR count). The molecule has 0 saturated heterocycles. The van der Waals surface area contributed by atoms with Gasteiger partial charge in [0.05, 0.1) is 27.4 Å². The van der Waals surface area contributed by atoms with Crippen molar-refractivity contribution in [1.82, 2.24) is 4.90 Å². The van der Waals surface area contributed by atoms with E-state index in [0.717, 1.165) is 47.0 Å². The van der Waals surface area contributed by atoms with Gasteiger partial charge in [0.25, 0.3) is 0 Å². The smallest absolute Gasteiger partial charge is 0.174 e. The van der Waals surface area contributed by atoms with E-state index < -0.39 is 0 Å². The number of fused-ring (bicyclic) bond motifs is 1. The van der Waals surface area contributed by atoms with E-state index in [2.05, 4.69) is 29.3 Å². The summed E-state index contributed by atoms with van der Waals surface area (Å²) in [5, 5.41) is 4.10. The topological polar surface area (TPSA) is 52.2 Å². The van der Waals surface area contributed by atoms with Gasteiger partial charge in [0, 0.05) is 12.2 Å². The molecule has 1 aliphatic rings. The Hall–Kier alpha value is -3.45. The monoisotopic (exact) mass is 478 g/mol. The van der Waals surface area contributed by atoms with Crippen molar-refractivity contribution in [2.24, 2.45) is 0 Å². The van der Waals surface area contributed by atoms with Gasteiger partial charge >= 0.3 is 0 Å². The van der Waals surface area contributed by atoms with Gasteiger partial charge in [-0.1, -0.05) is 18.2 Å². The Morgan fingerprint density at radius 1 is 0.941 bits per heavy atom. The summed E-state index contributed by atoms with van der Waals surface area (Å²) in [5.74, 6) is 2.98. The van der Waals surface area contributed by atoms with Crippen LogP contribution in [0.15, 0.2) is 60.7 Å². The third kappa shape index (κ3) is 5.04. The van der Waals surface area contributed by atoms with Crippen LogP contribution in [0.3, 0.4) is 0 Å². The van der Waals surface area contributed by atoms with Crippen LogP contribution in [0.4, 0.5) is 5.69 Å². The predicted molar refractivity (Wildman–Crippen MR) is 139 cm³/mol. The number of hydrogen-bond acceptors (Lipinski definition) is 5. The van der Waals surface area contributed by atoms with Gasteiger partial charge in [0.15, 0.2) is 16.6 Å². The lowest BCUT2D eigenvalue weighted by Gasteiger charge is -2.39. The number of hydrogen-bond donors (Lipinski definition) is 1. The van der Waals surface area contributed by atoms with Crippen LogP contribution in [0.2, 0.25) is 0 Å². The van der Waals surface area contributed by atoms with Crippen molar-refractivity contribution in [3.05, 3.63) is 77.4 Å². The maximum atomic E-state index is 6.23. The average Bonchev–Trinajstić information content (AvgIpc) is 2.87. The maximum Gasteiger partial charge on any atom is 0.174 e. The summed E-state index contributed by atoms with van der Waals surface area (Å²) in [6.45, 7) is 3.25. The van der Waals surface area contributed by atoms with Gasteiger partial charge in [0.1, 0.15) is 18.1 Å². The third-order valence-electron chi connectivity index (χ3n) is 6.12. The summed E-state index contributed by atoms with van der Waals surface area (Å²) in [6.07, 6.45) is 0.838. The zero-order chi connectivity index (χ0) is 24.1. The summed E-state index contributed by atoms with van der Waals surface area (Å²) in [7, 11) is 4.96. The lowest BCUT2D eigenvalue weighted by atomic mass is 9.92. The number of methoxy groups -OCH3 is 3. The van der Waals surface area contributed by atoms with E-state index in [1.165, 1.54) is 5.56 Å². The van der Waals surface area contributed by atoms with E-state index in [9.17, 15) is 0 Å². The van der Waals surface area contributed by atoms with Gasteiger partial charge in [-0.05, 0) is 84.7 Å². The Morgan fingerprint density at radius 3 is 2.29 bits per heavy atom. The second-order valence-electron chi connectivity index (χ2n) is 8.10. The van der Waals surface area contributed by atoms with E-state index >= 15 is 0 Å². The van der Waals surface area contributed by atoms with Crippen LogP contribution in [0, 0.1) is 6.92 Å². The normalized spacial score (nSPS) is 14.7. The zero-order valence-electron chi connectivity index (χ0n) is 20.0. The Balaban J connectivity index is 1.64. The van der Waals surface area contributed by atoms with E-state index in [-0.39, 0.29) is 6.04 Å². The molecule has 0 amide bonds. The van der Waals surface area contributed by atoms with E-state index in [1.54, 1.807) is 21.3 Å². The fourth-order valence-corrected chi connectivity index (χ4v) is 4.53. The summed E-state index contributed by atoms with van der Waals surface area (Å²) < 4.78 is 22.6. The standard InChI is InChI=1S/C27H30N2O4S/c1-18-7-5-6-8-23(18)28-27(34)29-14-13-19-15-25(31-3)26(32-4)16-22(19)24(29)17-33-21-11-9-20(30-2)10-12-21/h5-12,15-16,24H,13-14,17H2,1-4H3,(H,28,34)/t24-/m1/s1. The maximum absolute atomic E-state index is 6.23. The largest absolute Gasteiger partial charge is 0.497 e. The van der Waals surface area contributed by atoms with E-state index in [0.29, 0.717) is 17.5 Å². The molecule has 34 heavy (non-hydrogen) atoms. The minimum absolute atomic E-state index is 0.102. The molecule has 0 saturated carbocycles. The number of anilines is 1.